The summed E-state index contributed by atoms with van der Waals surface area (Å²) < 4.78 is 69.1. The van der Waals surface area contributed by atoms with Gasteiger partial charge in [0, 0.05) is 24.6 Å². The molecule has 1 saturated heterocycles. The predicted molar refractivity (Wildman–Crippen MR) is 156 cm³/mol. The predicted octanol–water partition coefficient (Wildman–Crippen LogP) is 4.30. The number of nitrogens with one attached hydrogen (secondary N) is 1. The van der Waals surface area contributed by atoms with Crippen LogP contribution in [0.2, 0.25) is 0 Å². The molecular weight excluding hydrogens is 581 g/mol. The summed E-state index contributed by atoms with van der Waals surface area (Å²) in [6.07, 6.45) is -1.01. The average Bonchev–Trinajstić information content (AvgIpc) is 3.00. The van der Waals surface area contributed by atoms with Crippen LogP contribution in [0.3, 0.4) is 0 Å². The van der Waals surface area contributed by atoms with E-state index >= 15 is 0 Å². The average molecular weight is 613 g/mol. The van der Waals surface area contributed by atoms with Gasteiger partial charge in [-0.15, -0.1) is 0 Å². The largest absolute Gasteiger partial charge is 0.416 e. The molecule has 2 aliphatic heterocycles. The summed E-state index contributed by atoms with van der Waals surface area (Å²) in [6.45, 7) is 0.341. The number of nitrogens with zero attached hydrogens (tertiary/aromatic N) is 2. The first-order chi connectivity index (χ1) is 20.4. The fraction of sp³-hybridized carbons (Fsp3) is 0.290. The Labute approximate surface area is 248 Å². The van der Waals surface area contributed by atoms with Crippen molar-refractivity contribution in [1.82, 2.24) is 10.2 Å². The third-order valence-corrected chi connectivity index (χ3v) is 9.55. The molecule has 5 rings (SSSR count). The number of hydrogen-bond acceptors (Lipinski definition) is 5. The highest BCUT2D eigenvalue weighted by Gasteiger charge is 2.36. The Morgan fingerprint density at radius 2 is 1.65 bits per heavy atom. The van der Waals surface area contributed by atoms with Gasteiger partial charge >= 0.3 is 6.18 Å². The lowest BCUT2D eigenvalue weighted by atomic mass is 9.84. The van der Waals surface area contributed by atoms with Gasteiger partial charge in [-0.25, -0.2) is 8.42 Å². The Morgan fingerprint density at radius 3 is 2.40 bits per heavy atom. The number of fused-ring (bicyclic) bond motifs is 4. The highest BCUT2D eigenvalue weighted by atomic mass is 32.2. The molecule has 8 nitrogen and oxygen atoms in total. The van der Waals surface area contributed by atoms with Crippen molar-refractivity contribution < 1.29 is 31.2 Å². The second kappa shape index (κ2) is 12.2. The first-order valence-electron chi connectivity index (χ1n) is 13.8. The molecule has 0 saturated carbocycles. The summed E-state index contributed by atoms with van der Waals surface area (Å²) in [5.74, 6) is -0.960. The molecule has 3 aromatic rings. The van der Waals surface area contributed by atoms with Gasteiger partial charge in [0.05, 0.1) is 34.8 Å². The molecule has 0 aliphatic carbocycles. The lowest BCUT2D eigenvalue weighted by Crippen LogP contribution is -2.56. The SMILES string of the molecule is NC1C/C=C\CN(c2cccc(C(F)(F)F)c2)S(=O)(=O)c2cccc(c2)C(=O)N[C@@H]2CN(CC[C@@H]2c2ccccc2)C1=O. The molecule has 2 amide bonds. The van der Waals surface area contributed by atoms with Gasteiger partial charge in [-0.3, -0.25) is 13.9 Å². The zero-order valence-electron chi connectivity index (χ0n) is 23.1. The fourth-order valence-electron chi connectivity index (χ4n) is 5.50. The van der Waals surface area contributed by atoms with Crippen LogP contribution >= 0.6 is 0 Å². The van der Waals surface area contributed by atoms with Crippen molar-refractivity contribution in [3.05, 3.63) is 108 Å². The van der Waals surface area contributed by atoms with E-state index in [-0.39, 0.29) is 47.5 Å². The van der Waals surface area contributed by atoms with Gasteiger partial charge in [-0.05, 0) is 54.8 Å². The highest BCUT2D eigenvalue weighted by Crippen LogP contribution is 2.34. The third-order valence-electron chi connectivity index (χ3n) is 7.76. The quantitative estimate of drug-likeness (QED) is 0.419. The number of piperidine rings is 1. The number of hydrogen-bond donors (Lipinski definition) is 2. The zero-order valence-corrected chi connectivity index (χ0v) is 23.9. The third kappa shape index (κ3) is 6.60. The van der Waals surface area contributed by atoms with Crippen LogP contribution in [0, 0.1) is 0 Å². The van der Waals surface area contributed by atoms with Crippen LogP contribution < -0.4 is 15.4 Å². The number of carbonyl (C=O) groups is 2. The molecule has 2 heterocycles. The summed E-state index contributed by atoms with van der Waals surface area (Å²) >= 11 is 0. The van der Waals surface area contributed by atoms with Crippen molar-refractivity contribution in [2.75, 3.05) is 23.9 Å². The molecule has 2 aliphatic rings. The van der Waals surface area contributed by atoms with Crippen LogP contribution in [-0.4, -0.2) is 56.9 Å². The van der Waals surface area contributed by atoms with Crippen molar-refractivity contribution in [2.24, 2.45) is 5.73 Å². The van der Waals surface area contributed by atoms with Crippen molar-refractivity contribution in [1.29, 1.82) is 0 Å². The van der Waals surface area contributed by atoms with Crippen molar-refractivity contribution in [3.8, 4) is 0 Å². The molecule has 0 spiro atoms. The molecule has 3 aromatic carbocycles. The lowest BCUT2D eigenvalue weighted by molar-refractivity contribution is -0.137. The maximum Gasteiger partial charge on any atom is 0.416 e. The van der Waals surface area contributed by atoms with E-state index in [9.17, 15) is 31.2 Å². The minimum atomic E-state index is -4.69. The normalized spacial score (nSPS) is 23.9. The van der Waals surface area contributed by atoms with E-state index < -0.39 is 39.8 Å². The van der Waals surface area contributed by atoms with Gasteiger partial charge < -0.3 is 16.0 Å². The van der Waals surface area contributed by atoms with Gasteiger partial charge in [0.2, 0.25) is 5.91 Å². The molecule has 0 radical (unpaired) electrons. The van der Waals surface area contributed by atoms with Crippen molar-refractivity contribution >= 4 is 27.5 Å². The standard InChI is InChI=1S/C31H31F3N4O4S/c32-31(33,34)23-11-7-12-24(19-23)38-16-5-4-14-27(35)30(40)37-17-15-26(21-8-2-1-3-9-21)28(20-37)36-29(39)22-10-6-13-25(18-22)43(38,41)42/h1-13,18-19,26-28H,14-17,20,35H2,(H,36,39)/b5-4-/t26-,27?,28-/m1/s1. The summed E-state index contributed by atoms with van der Waals surface area (Å²) in [5.41, 5.74) is 6.06. The number of carbonyl (C=O) groups excluding carboxylic acids is 2. The maximum absolute atomic E-state index is 13.9. The van der Waals surface area contributed by atoms with E-state index in [2.05, 4.69) is 5.32 Å². The molecule has 1 fully saturated rings. The second-order valence-corrected chi connectivity index (χ2v) is 12.5. The number of rotatable bonds is 2. The van der Waals surface area contributed by atoms with Crippen LogP contribution in [0.5, 0.6) is 0 Å². The van der Waals surface area contributed by atoms with Gasteiger partial charge in [0.15, 0.2) is 0 Å². The Bertz CT molecular complexity index is 1630. The molecule has 0 aromatic heterocycles. The van der Waals surface area contributed by atoms with Gasteiger partial charge in [-0.1, -0.05) is 54.6 Å². The molecule has 3 atom stereocenters. The molecule has 43 heavy (non-hydrogen) atoms. The van der Waals surface area contributed by atoms with E-state index in [1.54, 1.807) is 11.0 Å². The fourth-order valence-corrected chi connectivity index (χ4v) is 6.96. The van der Waals surface area contributed by atoms with E-state index in [0.717, 1.165) is 28.1 Å². The molecule has 4 bridgehead atoms. The molecule has 226 valence electrons. The number of nitrogens with two attached hydrogens (primary N) is 1. The number of benzene rings is 3. The lowest BCUT2D eigenvalue weighted by Gasteiger charge is -2.40. The van der Waals surface area contributed by atoms with Crippen LogP contribution in [0.4, 0.5) is 18.9 Å². The van der Waals surface area contributed by atoms with E-state index in [4.69, 9.17) is 5.73 Å². The minimum Gasteiger partial charge on any atom is -0.347 e. The molecule has 3 N–H and O–H groups in total. The topological polar surface area (TPSA) is 113 Å². The first-order valence-corrected chi connectivity index (χ1v) is 15.2. The van der Waals surface area contributed by atoms with E-state index in [1.807, 2.05) is 30.3 Å². The molecule has 12 heteroatoms. The smallest absolute Gasteiger partial charge is 0.347 e. The van der Waals surface area contributed by atoms with Gasteiger partial charge in [0.25, 0.3) is 15.9 Å². The number of halogens is 3. The Kier molecular flexibility index (Phi) is 8.61. The van der Waals surface area contributed by atoms with Crippen LogP contribution in [-0.2, 0) is 21.0 Å². The summed E-state index contributed by atoms with van der Waals surface area (Å²) in [5, 5.41) is 3.00. The summed E-state index contributed by atoms with van der Waals surface area (Å²) in [4.78, 5) is 28.2. The van der Waals surface area contributed by atoms with Crippen LogP contribution in [0.15, 0.2) is 95.9 Å². The van der Waals surface area contributed by atoms with E-state index in [1.165, 1.54) is 36.4 Å². The van der Waals surface area contributed by atoms with Gasteiger partial charge in [-0.2, -0.15) is 13.2 Å². The highest BCUT2D eigenvalue weighted by molar-refractivity contribution is 7.92. The number of amides is 2. The molecular formula is C31H31F3N4O4S. The minimum absolute atomic E-state index is 0.0552. The van der Waals surface area contributed by atoms with Crippen LogP contribution in [0.1, 0.15) is 40.2 Å². The number of sulfonamides is 1. The number of alkyl halides is 3. The Morgan fingerprint density at radius 1 is 0.907 bits per heavy atom. The van der Waals surface area contributed by atoms with Gasteiger partial charge in [0.1, 0.15) is 0 Å². The first kappa shape index (κ1) is 30.3. The van der Waals surface area contributed by atoms with Crippen LogP contribution in [0.25, 0.3) is 0 Å². The zero-order chi connectivity index (χ0) is 30.8. The Balaban J connectivity index is 1.56. The summed E-state index contributed by atoms with van der Waals surface area (Å²) in [6, 6.07) is 17.6. The van der Waals surface area contributed by atoms with E-state index in [0.29, 0.717) is 13.0 Å². The Hall–Kier alpha value is -4.16. The monoisotopic (exact) mass is 612 g/mol. The second-order valence-electron chi connectivity index (χ2n) is 10.6. The van der Waals surface area contributed by atoms with Crippen molar-refractivity contribution in [3.63, 3.8) is 0 Å². The number of anilines is 1. The maximum atomic E-state index is 13.9. The van der Waals surface area contributed by atoms with Crippen molar-refractivity contribution in [2.45, 2.75) is 41.9 Å². The summed E-state index contributed by atoms with van der Waals surface area (Å²) in [7, 11) is -4.43. The molecule has 1 unspecified atom stereocenters.